The normalized spacial score (nSPS) is 22.2. The molecule has 0 aromatic carbocycles. The predicted octanol–water partition coefficient (Wildman–Crippen LogP) is 2.03. The molecule has 2 N–H and O–H groups in total. The molecule has 108 valence electrons. The summed E-state index contributed by atoms with van der Waals surface area (Å²) in [4.78, 5) is 23.3. The SMILES string of the molecule is CC1CCC(C(=O)NCc2cc(/C=C/C(=O)O)cs2)O1. The molecule has 2 heterocycles. The van der Waals surface area contributed by atoms with E-state index < -0.39 is 5.97 Å². The largest absolute Gasteiger partial charge is 0.478 e. The van der Waals surface area contributed by atoms with Crippen molar-refractivity contribution in [3.05, 3.63) is 28.0 Å². The van der Waals surface area contributed by atoms with Crippen molar-refractivity contribution < 1.29 is 19.4 Å². The maximum absolute atomic E-state index is 11.9. The average Bonchev–Trinajstić information content (AvgIpc) is 3.02. The molecule has 2 unspecified atom stereocenters. The van der Waals surface area contributed by atoms with Crippen molar-refractivity contribution in [2.75, 3.05) is 0 Å². The summed E-state index contributed by atoms with van der Waals surface area (Å²) >= 11 is 1.49. The summed E-state index contributed by atoms with van der Waals surface area (Å²) in [6, 6.07) is 1.86. The van der Waals surface area contributed by atoms with Crippen LogP contribution in [0.5, 0.6) is 0 Å². The number of ether oxygens (including phenoxy) is 1. The molecule has 0 bridgehead atoms. The summed E-state index contributed by atoms with van der Waals surface area (Å²) in [5.41, 5.74) is 0.826. The maximum Gasteiger partial charge on any atom is 0.328 e. The van der Waals surface area contributed by atoms with Gasteiger partial charge in [-0.25, -0.2) is 4.79 Å². The monoisotopic (exact) mass is 295 g/mol. The van der Waals surface area contributed by atoms with Crippen LogP contribution in [0.25, 0.3) is 6.08 Å². The quantitative estimate of drug-likeness (QED) is 0.815. The minimum Gasteiger partial charge on any atom is -0.478 e. The summed E-state index contributed by atoms with van der Waals surface area (Å²) in [6.45, 7) is 2.41. The number of aliphatic carboxylic acids is 1. The van der Waals surface area contributed by atoms with E-state index in [2.05, 4.69) is 5.32 Å². The van der Waals surface area contributed by atoms with E-state index in [4.69, 9.17) is 9.84 Å². The zero-order valence-corrected chi connectivity index (χ0v) is 12.0. The second kappa shape index (κ2) is 6.67. The van der Waals surface area contributed by atoms with Crippen molar-refractivity contribution >= 4 is 29.3 Å². The Balaban J connectivity index is 1.82. The summed E-state index contributed by atoms with van der Waals surface area (Å²) in [5.74, 6) is -1.05. The Kier molecular flexibility index (Phi) is 4.92. The Morgan fingerprint density at radius 3 is 3.00 bits per heavy atom. The first kappa shape index (κ1) is 14.7. The average molecular weight is 295 g/mol. The number of carbonyl (C=O) groups is 2. The highest BCUT2D eigenvalue weighted by Gasteiger charge is 2.27. The van der Waals surface area contributed by atoms with E-state index >= 15 is 0 Å². The van der Waals surface area contributed by atoms with Crippen molar-refractivity contribution in [2.45, 2.75) is 38.5 Å². The van der Waals surface area contributed by atoms with Crippen LogP contribution in [0.1, 0.15) is 30.2 Å². The third-order valence-electron chi connectivity index (χ3n) is 3.05. The molecule has 0 saturated carbocycles. The predicted molar refractivity (Wildman–Crippen MR) is 76.4 cm³/mol. The first-order valence-electron chi connectivity index (χ1n) is 6.46. The van der Waals surface area contributed by atoms with Crippen molar-refractivity contribution in [1.29, 1.82) is 0 Å². The van der Waals surface area contributed by atoms with Gasteiger partial charge >= 0.3 is 5.97 Å². The van der Waals surface area contributed by atoms with Crippen LogP contribution in [0.3, 0.4) is 0 Å². The van der Waals surface area contributed by atoms with Crippen molar-refractivity contribution in [2.24, 2.45) is 0 Å². The van der Waals surface area contributed by atoms with Gasteiger partial charge in [-0.05, 0) is 42.9 Å². The molecule has 20 heavy (non-hydrogen) atoms. The zero-order chi connectivity index (χ0) is 14.5. The van der Waals surface area contributed by atoms with E-state index in [0.717, 1.165) is 29.4 Å². The van der Waals surface area contributed by atoms with Gasteiger partial charge in [0.15, 0.2) is 0 Å². The molecule has 1 amide bonds. The minimum atomic E-state index is -0.974. The van der Waals surface area contributed by atoms with Gasteiger partial charge in [-0.1, -0.05) is 0 Å². The van der Waals surface area contributed by atoms with Crippen molar-refractivity contribution in [1.82, 2.24) is 5.32 Å². The van der Waals surface area contributed by atoms with E-state index in [-0.39, 0.29) is 18.1 Å². The molecule has 0 spiro atoms. The van der Waals surface area contributed by atoms with Crippen LogP contribution in [0.2, 0.25) is 0 Å². The molecule has 5 nitrogen and oxygen atoms in total. The molecule has 2 atom stereocenters. The second-order valence-electron chi connectivity index (χ2n) is 4.75. The minimum absolute atomic E-state index is 0.0784. The molecule has 1 aliphatic heterocycles. The highest BCUT2D eigenvalue weighted by Crippen LogP contribution is 2.20. The number of thiophene rings is 1. The lowest BCUT2D eigenvalue weighted by Gasteiger charge is -2.10. The number of carboxylic acids is 1. The van der Waals surface area contributed by atoms with Crippen LogP contribution in [-0.2, 0) is 20.9 Å². The summed E-state index contributed by atoms with van der Waals surface area (Å²) < 4.78 is 5.50. The summed E-state index contributed by atoms with van der Waals surface area (Å²) in [7, 11) is 0. The fourth-order valence-electron chi connectivity index (χ4n) is 2.03. The fraction of sp³-hybridized carbons (Fsp3) is 0.429. The first-order valence-corrected chi connectivity index (χ1v) is 7.34. The van der Waals surface area contributed by atoms with Gasteiger partial charge in [0.05, 0.1) is 12.6 Å². The molecule has 0 aliphatic carbocycles. The summed E-state index contributed by atoms with van der Waals surface area (Å²) in [6.07, 6.45) is 4.13. The standard InChI is InChI=1S/C14H17NO4S/c1-9-2-4-12(19-9)14(18)15-7-11-6-10(8-20-11)3-5-13(16)17/h3,5-6,8-9,12H,2,4,7H2,1H3,(H,15,18)(H,16,17)/b5-3+. The molecule has 0 radical (unpaired) electrons. The first-order chi connectivity index (χ1) is 9.54. The van der Waals surface area contributed by atoms with Gasteiger partial charge in [-0.15, -0.1) is 11.3 Å². The van der Waals surface area contributed by atoms with Gasteiger partial charge in [-0.3, -0.25) is 4.79 Å². The van der Waals surface area contributed by atoms with Crippen LogP contribution < -0.4 is 5.32 Å². The second-order valence-corrected chi connectivity index (χ2v) is 5.74. The number of hydrogen-bond donors (Lipinski definition) is 2. The highest BCUT2D eigenvalue weighted by atomic mass is 32.1. The van der Waals surface area contributed by atoms with Gasteiger partial charge in [0, 0.05) is 11.0 Å². The van der Waals surface area contributed by atoms with E-state index in [0.29, 0.717) is 6.54 Å². The Labute approximate surface area is 121 Å². The number of carbonyl (C=O) groups excluding carboxylic acids is 1. The third kappa shape index (κ3) is 4.18. The van der Waals surface area contributed by atoms with Crippen molar-refractivity contribution in [3.63, 3.8) is 0 Å². The van der Waals surface area contributed by atoms with Crippen LogP contribution in [0, 0.1) is 0 Å². The molecular formula is C14H17NO4S. The molecule has 1 aromatic heterocycles. The Hall–Kier alpha value is -1.66. The van der Waals surface area contributed by atoms with Crippen LogP contribution >= 0.6 is 11.3 Å². The molecule has 1 fully saturated rings. The smallest absolute Gasteiger partial charge is 0.328 e. The van der Waals surface area contributed by atoms with Gasteiger partial charge in [0.2, 0.25) is 5.91 Å². The van der Waals surface area contributed by atoms with Crippen LogP contribution in [0.4, 0.5) is 0 Å². The molecule has 1 aromatic rings. The molecule has 2 rings (SSSR count). The van der Waals surface area contributed by atoms with Crippen LogP contribution in [0.15, 0.2) is 17.5 Å². The van der Waals surface area contributed by atoms with Gasteiger partial charge in [0.1, 0.15) is 6.10 Å². The zero-order valence-electron chi connectivity index (χ0n) is 11.2. The molecule has 1 aliphatic rings. The lowest BCUT2D eigenvalue weighted by atomic mass is 10.2. The molecular weight excluding hydrogens is 278 g/mol. The van der Waals surface area contributed by atoms with E-state index in [1.165, 1.54) is 17.4 Å². The van der Waals surface area contributed by atoms with E-state index in [9.17, 15) is 9.59 Å². The Bertz CT molecular complexity index is 523. The van der Waals surface area contributed by atoms with Crippen LogP contribution in [-0.4, -0.2) is 29.2 Å². The fourth-order valence-corrected chi connectivity index (χ4v) is 2.82. The number of amides is 1. The molecule has 6 heteroatoms. The maximum atomic E-state index is 11.9. The number of hydrogen-bond acceptors (Lipinski definition) is 4. The van der Waals surface area contributed by atoms with Gasteiger partial charge in [-0.2, -0.15) is 0 Å². The number of carboxylic acid groups (broad SMARTS) is 1. The molecule has 1 saturated heterocycles. The van der Waals surface area contributed by atoms with Crippen molar-refractivity contribution in [3.8, 4) is 0 Å². The number of nitrogens with one attached hydrogen (secondary N) is 1. The van der Waals surface area contributed by atoms with E-state index in [1.54, 1.807) is 0 Å². The van der Waals surface area contributed by atoms with Gasteiger partial charge < -0.3 is 15.2 Å². The third-order valence-corrected chi connectivity index (χ3v) is 4.01. The Morgan fingerprint density at radius 1 is 1.55 bits per heavy atom. The lowest BCUT2D eigenvalue weighted by Crippen LogP contribution is -2.33. The Morgan fingerprint density at radius 2 is 2.35 bits per heavy atom. The highest BCUT2D eigenvalue weighted by molar-refractivity contribution is 7.10. The topological polar surface area (TPSA) is 75.6 Å². The number of rotatable bonds is 5. The van der Waals surface area contributed by atoms with E-state index in [1.807, 2.05) is 18.4 Å². The summed E-state index contributed by atoms with van der Waals surface area (Å²) in [5, 5.41) is 13.2. The van der Waals surface area contributed by atoms with Gasteiger partial charge in [0.25, 0.3) is 0 Å². The lowest BCUT2D eigenvalue weighted by molar-refractivity contribution is -0.132.